The molecule has 0 unspecified atom stereocenters. The predicted octanol–water partition coefficient (Wildman–Crippen LogP) is 3.68. The van der Waals surface area contributed by atoms with Gasteiger partial charge >= 0.3 is 6.18 Å². The van der Waals surface area contributed by atoms with E-state index < -0.39 is 11.7 Å². The summed E-state index contributed by atoms with van der Waals surface area (Å²) in [5.74, 6) is 0. The first-order chi connectivity index (χ1) is 9.36. The van der Waals surface area contributed by atoms with Crippen LogP contribution in [0.2, 0.25) is 0 Å². The van der Waals surface area contributed by atoms with Gasteiger partial charge in [0.15, 0.2) is 0 Å². The lowest BCUT2D eigenvalue weighted by Crippen LogP contribution is -2.18. The van der Waals surface area contributed by atoms with Crippen molar-refractivity contribution < 1.29 is 13.2 Å². The minimum absolute atomic E-state index is 0.605. The molecule has 1 aromatic carbocycles. The Morgan fingerprint density at radius 1 is 1.05 bits per heavy atom. The molecule has 1 heterocycles. The number of rotatable bonds is 4. The van der Waals surface area contributed by atoms with Gasteiger partial charge in [-0.2, -0.15) is 13.2 Å². The van der Waals surface area contributed by atoms with E-state index >= 15 is 0 Å². The fourth-order valence-electron chi connectivity index (χ4n) is 2.10. The monoisotopic (exact) mass is 282 g/mol. The Hall–Kier alpha value is -1.75. The average Bonchev–Trinajstić information content (AvgIpc) is 2.74. The van der Waals surface area contributed by atoms with Gasteiger partial charge in [0.2, 0.25) is 0 Å². The zero-order valence-corrected chi connectivity index (χ0v) is 11.5. The molecular formula is C15H17F3N2. The first-order valence-corrected chi connectivity index (χ1v) is 6.31. The van der Waals surface area contributed by atoms with E-state index in [4.69, 9.17) is 0 Å². The van der Waals surface area contributed by atoms with E-state index in [1.54, 1.807) is 0 Å². The highest BCUT2D eigenvalue weighted by Crippen LogP contribution is 2.29. The molecule has 0 N–H and O–H groups in total. The normalized spacial score (nSPS) is 12.1. The van der Waals surface area contributed by atoms with Gasteiger partial charge in [0.25, 0.3) is 0 Å². The maximum atomic E-state index is 12.5. The van der Waals surface area contributed by atoms with Crippen molar-refractivity contribution in [2.24, 2.45) is 7.05 Å². The summed E-state index contributed by atoms with van der Waals surface area (Å²) in [5, 5.41) is 0. The lowest BCUT2D eigenvalue weighted by Gasteiger charge is -2.17. The van der Waals surface area contributed by atoms with Gasteiger partial charge in [-0.25, -0.2) is 0 Å². The van der Waals surface area contributed by atoms with Crippen LogP contribution in [0, 0.1) is 0 Å². The lowest BCUT2D eigenvalue weighted by atomic mass is 10.1. The van der Waals surface area contributed by atoms with Gasteiger partial charge in [0.1, 0.15) is 0 Å². The highest BCUT2D eigenvalue weighted by molar-refractivity contribution is 5.24. The molecule has 0 aliphatic heterocycles. The van der Waals surface area contributed by atoms with Gasteiger partial charge in [0, 0.05) is 32.0 Å². The molecule has 20 heavy (non-hydrogen) atoms. The van der Waals surface area contributed by atoms with Crippen molar-refractivity contribution in [3.05, 3.63) is 59.4 Å². The Balaban J connectivity index is 1.98. The van der Waals surface area contributed by atoms with Crippen LogP contribution < -0.4 is 0 Å². The summed E-state index contributed by atoms with van der Waals surface area (Å²) in [4.78, 5) is 2.07. The predicted molar refractivity (Wildman–Crippen MR) is 72.0 cm³/mol. The summed E-state index contributed by atoms with van der Waals surface area (Å²) in [5.41, 5.74) is 1.43. The van der Waals surface area contributed by atoms with E-state index in [0.29, 0.717) is 6.54 Å². The molecule has 0 aliphatic rings. The molecule has 0 saturated carbocycles. The van der Waals surface area contributed by atoms with Gasteiger partial charge in [-0.1, -0.05) is 12.1 Å². The second-order valence-electron chi connectivity index (χ2n) is 4.98. The quantitative estimate of drug-likeness (QED) is 0.830. The lowest BCUT2D eigenvalue weighted by molar-refractivity contribution is -0.137. The molecule has 0 bridgehead atoms. The molecule has 2 aromatic rings. The van der Waals surface area contributed by atoms with Crippen LogP contribution in [0.1, 0.15) is 16.8 Å². The maximum absolute atomic E-state index is 12.5. The van der Waals surface area contributed by atoms with Crippen molar-refractivity contribution in [1.82, 2.24) is 9.47 Å². The van der Waals surface area contributed by atoms with Crippen LogP contribution in [0.5, 0.6) is 0 Å². The molecule has 0 radical (unpaired) electrons. The van der Waals surface area contributed by atoms with E-state index in [1.807, 2.05) is 37.0 Å². The first-order valence-electron chi connectivity index (χ1n) is 6.31. The zero-order valence-electron chi connectivity index (χ0n) is 11.5. The van der Waals surface area contributed by atoms with Crippen LogP contribution in [-0.2, 0) is 26.3 Å². The van der Waals surface area contributed by atoms with E-state index in [2.05, 4.69) is 4.90 Å². The average molecular weight is 282 g/mol. The molecule has 0 fully saturated rings. The minimum Gasteiger partial charge on any atom is -0.353 e. The summed E-state index contributed by atoms with van der Waals surface area (Å²) < 4.78 is 39.4. The van der Waals surface area contributed by atoms with E-state index in [-0.39, 0.29) is 0 Å². The van der Waals surface area contributed by atoms with Crippen molar-refractivity contribution in [1.29, 1.82) is 0 Å². The van der Waals surface area contributed by atoms with Crippen LogP contribution in [0.15, 0.2) is 42.6 Å². The Labute approximate surface area is 116 Å². The number of benzene rings is 1. The van der Waals surface area contributed by atoms with Crippen LogP contribution in [0.4, 0.5) is 13.2 Å². The summed E-state index contributed by atoms with van der Waals surface area (Å²) in [7, 11) is 3.92. The third-order valence-electron chi connectivity index (χ3n) is 3.22. The van der Waals surface area contributed by atoms with Gasteiger partial charge < -0.3 is 4.57 Å². The van der Waals surface area contributed by atoms with E-state index in [1.165, 1.54) is 17.8 Å². The number of halogens is 3. The zero-order chi connectivity index (χ0) is 14.8. The largest absolute Gasteiger partial charge is 0.416 e. The number of aromatic nitrogens is 1. The molecule has 0 saturated heterocycles. The molecule has 2 rings (SSSR count). The second-order valence-corrected chi connectivity index (χ2v) is 4.98. The molecule has 2 nitrogen and oxygen atoms in total. The fraction of sp³-hybridized carbons (Fsp3) is 0.333. The van der Waals surface area contributed by atoms with Crippen molar-refractivity contribution in [3.8, 4) is 0 Å². The summed E-state index contributed by atoms with van der Waals surface area (Å²) in [6.45, 7) is 1.37. The number of hydrogen-bond donors (Lipinski definition) is 0. The van der Waals surface area contributed by atoms with Gasteiger partial charge in [-0.05, 0) is 36.9 Å². The van der Waals surface area contributed by atoms with E-state index in [0.717, 1.165) is 24.2 Å². The summed E-state index contributed by atoms with van der Waals surface area (Å²) in [6, 6.07) is 9.33. The van der Waals surface area contributed by atoms with Crippen molar-refractivity contribution in [2.75, 3.05) is 7.05 Å². The Morgan fingerprint density at radius 3 is 2.20 bits per heavy atom. The molecule has 0 spiro atoms. The molecule has 5 heteroatoms. The Bertz CT molecular complexity index is 555. The Morgan fingerprint density at radius 2 is 1.70 bits per heavy atom. The second kappa shape index (κ2) is 5.71. The number of aryl methyl sites for hydroxylation is 1. The van der Waals surface area contributed by atoms with E-state index in [9.17, 15) is 13.2 Å². The molecule has 0 atom stereocenters. The third-order valence-corrected chi connectivity index (χ3v) is 3.22. The van der Waals surface area contributed by atoms with Crippen LogP contribution in [0.25, 0.3) is 0 Å². The number of nitrogens with zero attached hydrogens (tertiary/aromatic N) is 2. The summed E-state index contributed by atoms with van der Waals surface area (Å²) in [6.07, 6.45) is -2.30. The van der Waals surface area contributed by atoms with Crippen LogP contribution >= 0.6 is 0 Å². The maximum Gasteiger partial charge on any atom is 0.416 e. The van der Waals surface area contributed by atoms with Gasteiger partial charge in [0.05, 0.1) is 5.56 Å². The minimum atomic E-state index is -4.27. The summed E-state index contributed by atoms with van der Waals surface area (Å²) >= 11 is 0. The van der Waals surface area contributed by atoms with Gasteiger partial charge in [-0.3, -0.25) is 4.90 Å². The molecule has 1 aromatic heterocycles. The highest BCUT2D eigenvalue weighted by atomic mass is 19.4. The van der Waals surface area contributed by atoms with Crippen molar-refractivity contribution >= 4 is 0 Å². The standard InChI is InChI=1S/C15H17F3N2/c1-19(11-14-4-3-9-20(14)2)10-12-5-7-13(8-6-12)15(16,17)18/h3-9H,10-11H2,1-2H3. The van der Waals surface area contributed by atoms with Gasteiger partial charge in [-0.15, -0.1) is 0 Å². The number of alkyl halides is 3. The highest BCUT2D eigenvalue weighted by Gasteiger charge is 2.29. The molecule has 0 aliphatic carbocycles. The first kappa shape index (κ1) is 14.7. The molecule has 108 valence electrons. The van der Waals surface area contributed by atoms with Crippen molar-refractivity contribution in [3.63, 3.8) is 0 Å². The molecule has 0 amide bonds. The third kappa shape index (κ3) is 3.63. The van der Waals surface area contributed by atoms with Crippen LogP contribution in [-0.4, -0.2) is 16.5 Å². The molecular weight excluding hydrogens is 265 g/mol. The topological polar surface area (TPSA) is 8.17 Å². The SMILES string of the molecule is CN(Cc1ccc(C(F)(F)F)cc1)Cc1cccn1C. The van der Waals surface area contributed by atoms with Crippen LogP contribution in [0.3, 0.4) is 0 Å². The Kier molecular flexibility index (Phi) is 4.18. The number of hydrogen-bond acceptors (Lipinski definition) is 1. The smallest absolute Gasteiger partial charge is 0.353 e. The fourth-order valence-corrected chi connectivity index (χ4v) is 2.10. The van der Waals surface area contributed by atoms with Crippen molar-refractivity contribution in [2.45, 2.75) is 19.3 Å².